The third-order valence-corrected chi connectivity index (χ3v) is 5.10. The highest BCUT2D eigenvalue weighted by Crippen LogP contribution is 2.31. The molecule has 2 heterocycles. The van der Waals surface area contributed by atoms with Gasteiger partial charge in [-0.2, -0.15) is 0 Å². The van der Waals surface area contributed by atoms with Crippen molar-refractivity contribution in [2.24, 2.45) is 5.41 Å². The molecule has 102 valence electrons. The van der Waals surface area contributed by atoms with Crippen LogP contribution in [0.1, 0.15) is 31.6 Å². The lowest BCUT2D eigenvalue weighted by molar-refractivity contribution is 0.136. The molecule has 0 bridgehead atoms. The summed E-state index contributed by atoms with van der Waals surface area (Å²) < 4.78 is 0.884. The van der Waals surface area contributed by atoms with Gasteiger partial charge in [0.15, 0.2) is 0 Å². The molecule has 1 fully saturated rings. The van der Waals surface area contributed by atoms with E-state index in [0.29, 0.717) is 11.5 Å². The summed E-state index contributed by atoms with van der Waals surface area (Å²) >= 11 is 7.65. The number of halogens is 1. The lowest BCUT2D eigenvalue weighted by Gasteiger charge is -2.41. The molecule has 1 saturated heterocycles. The van der Waals surface area contributed by atoms with Crippen LogP contribution in [0.3, 0.4) is 0 Å². The van der Waals surface area contributed by atoms with E-state index in [1.807, 2.05) is 6.07 Å². The van der Waals surface area contributed by atoms with Crippen LogP contribution in [0, 0.1) is 5.41 Å². The van der Waals surface area contributed by atoms with E-state index in [-0.39, 0.29) is 0 Å². The van der Waals surface area contributed by atoms with Crippen LogP contribution >= 0.6 is 22.9 Å². The molecule has 1 atom stereocenters. The third-order valence-electron chi connectivity index (χ3n) is 3.88. The maximum absolute atomic E-state index is 5.97. The number of likely N-dealkylation sites (N-methyl/N-ethyl adjacent to an activating group) is 1. The van der Waals surface area contributed by atoms with E-state index in [2.05, 4.69) is 37.2 Å². The molecule has 1 N–H and O–H groups in total. The predicted molar refractivity (Wildman–Crippen MR) is 80.5 cm³/mol. The Morgan fingerprint density at radius 2 is 2.28 bits per heavy atom. The van der Waals surface area contributed by atoms with Gasteiger partial charge in [0.05, 0.1) is 4.34 Å². The van der Waals surface area contributed by atoms with Crippen molar-refractivity contribution in [1.82, 2.24) is 10.2 Å². The molecule has 0 saturated carbocycles. The van der Waals surface area contributed by atoms with Gasteiger partial charge in [-0.1, -0.05) is 25.4 Å². The van der Waals surface area contributed by atoms with Crippen LogP contribution in [0.2, 0.25) is 4.34 Å². The Morgan fingerprint density at radius 3 is 2.89 bits per heavy atom. The lowest BCUT2D eigenvalue weighted by Crippen LogP contribution is -2.52. The topological polar surface area (TPSA) is 15.3 Å². The van der Waals surface area contributed by atoms with Crippen LogP contribution < -0.4 is 5.32 Å². The van der Waals surface area contributed by atoms with Crippen molar-refractivity contribution >= 4 is 22.9 Å². The molecule has 0 spiro atoms. The van der Waals surface area contributed by atoms with Crippen LogP contribution in [-0.2, 0) is 6.54 Å². The van der Waals surface area contributed by atoms with Crippen LogP contribution in [0.25, 0.3) is 0 Å². The number of piperidine rings is 1. The van der Waals surface area contributed by atoms with Gasteiger partial charge in [-0.3, -0.25) is 4.90 Å². The van der Waals surface area contributed by atoms with Crippen LogP contribution in [0.15, 0.2) is 12.1 Å². The molecule has 1 aromatic rings. The molecule has 1 aromatic heterocycles. The summed E-state index contributed by atoms with van der Waals surface area (Å²) in [5.41, 5.74) is 0.402. The van der Waals surface area contributed by atoms with Gasteiger partial charge >= 0.3 is 0 Å². The van der Waals surface area contributed by atoms with Gasteiger partial charge in [-0.15, -0.1) is 11.3 Å². The summed E-state index contributed by atoms with van der Waals surface area (Å²) in [6.45, 7) is 8.00. The van der Waals surface area contributed by atoms with E-state index >= 15 is 0 Å². The summed E-state index contributed by atoms with van der Waals surface area (Å²) in [5.74, 6) is 0. The van der Waals surface area contributed by atoms with Crippen molar-refractivity contribution in [3.05, 3.63) is 21.3 Å². The molecule has 0 aliphatic carbocycles. The number of thiophene rings is 1. The summed E-state index contributed by atoms with van der Waals surface area (Å²) in [4.78, 5) is 3.74. The summed E-state index contributed by atoms with van der Waals surface area (Å²) in [7, 11) is 2.19. The first-order chi connectivity index (χ1) is 8.47. The van der Waals surface area contributed by atoms with E-state index in [0.717, 1.165) is 24.0 Å². The summed E-state index contributed by atoms with van der Waals surface area (Å²) in [6.07, 6.45) is 2.62. The van der Waals surface area contributed by atoms with E-state index in [9.17, 15) is 0 Å². The van der Waals surface area contributed by atoms with Gasteiger partial charge in [-0.05, 0) is 44.0 Å². The molecule has 18 heavy (non-hydrogen) atoms. The zero-order valence-corrected chi connectivity index (χ0v) is 13.1. The highest BCUT2D eigenvalue weighted by molar-refractivity contribution is 7.16. The fourth-order valence-corrected chi connectivity index (χ4v) is 3.83. The van der Waals surface area contributed by atoms with Gasteiger partial charge in [-0.25, -0.2) is 0 Å². The molecule has 0 radical (unpaired) electrons. The molecule has 1 aliphatic rings. The zero-order chi connectivity index (χ0) is 13.2. The lowest BCUT2D eigenvalue weighted by atomic mass is 9.77. The van der Waals surface area contributed by atoms with Crippen LogP contribution in [-0.4, -0.2) is 31.1 Å². The first kappa shape index (κ1) is 14.3. The summed E-state index contributed by atoms with van der Waals surface area (Å²) in [5, 5.41) is 3.67. The van der Waals surface area contributed by atoms with Gasteiger partial charge in [0.2, 0.25) is 0 Å². The van der Waals surface area contributed by atoms with E-state index in [4.69, 9.17) is 11.6 Å². The SMILES string of the molecule is CN(Cc1ccc(Cl)s1)CC1NCCCC1(C)C. The van der Waals surface area contributed by atoms with Gasteiger partial charge in [0.1, 0.15) is 0 Å². The van der Waals surface area contributed by atoms with Gasteiger partial charge < -0.3 is 5.32 Å². The number of hydrogen-bond acceptors (Lipinski definition) is 3. The Hall–Kier alpha value is -0.0900. The second-order valence-corrected chi connectivity index (χ2v) is 7.80. The maximum atomic E-state index is 5.97. The van der Waals surface area contributed by atoms with Gasteiger partial charge in [0.25, 0.3) is 0 Å². The Labute approximate surface area is 119 Å². The predicted octanol–water partition coefficient (Wildman–Crippen LogP) is 3.61. The molecule has 1 unspecified atom stereocenters. The van der Waals surface area contributed by atoms with Crippen LogP contribution in [0.4, 0.5) is 0 Å². The molecule has 2 nitrogen and oxygen atoms in total. The first-order valence-corrected chi connectivity index (χ1v) is 7.83. The van der Waals surface area contributed by atoms with Crippen molar-refractivity contribution in [1.29, 1.82) is 0 Å². The Kier molecular flexibility index (Phi) is 4.70. The van der Waals surface area contributed by atoms with Crippen molar-refractivity contribution in [3.63, 3.8) is 0 Å². The monoisotopic (exact) mass is 286 g/mol. The third kappa shape index (κ3) is 3.70. The zero-order valence-electron chi connectivity index (χ0n) is 11.5. The maximum Gasteiger partial charge on any atom is 0.0931 e. The fraction of sp³-hybridized carbons (Fsp3) is 0.714. The fourth-order valence-electron chi connectivity index (χ4n) is 2.66. The van der Waals surface area contributed by atoms with Gasteiger partial charge in [0, 0.05) is 24.0 Å². The van der Waals surface area contributed by atoms with E-state index in [1.165, 1.54) is 17.7 Å². The van der Waals surface area contributed by atoms with Crippen molar-refractivity contribution in [3.8, 4) is 0 Å². The normalized spacial score (nSPS) is 23.5. The Bertz CT molecular complexity index is 389. The molecule has 4 heteroatoms. The minimum absolute atomic E-state index is 0.402. The minimum Gasteiger partial charge on any atom is -0.312 e. The van der Waals surface area contributed by atoms with Crippen molar-refractivity contribution in [2.75, 3.05) is 20.1 Å². The number of hydrogen-bond donors (Lipinski definition) is 1. The molecule has 0 amide bonds. The minimum atomic E-state index is 0.402. The van der Waals surface area contributed by atoms with Crippen molar-refractivity contribution in [2.45, 2.75) is 39.3 Å². The van der Waals surface area contributed by atoms with E-state index < -0.39 is 0 Å². The molecule has 2 rings (SSSR count). The largest absolute Gasteiger partial charge is 0.312 e. The highest BCUT2D eigenvalue weighted by Gasteiger charge is 2.32. The van der Waals surface area contributed by atoms with Crippen molar-refractivity contribution < 1.29 is 0 Å². The smallest absolute Gasteiger partial charge is 0.0931 e. The molecular weight excluding hydrogens is 264 g/mol. The first-order valence-electron chi connectivity index (χ1n) is 6.63. The highest BCUT2D eigenvalue weighted by atomic mass is 35.5. The second-order valence-electron chi connectivity index (χ2n) is 6.00. The molecular formula is C14H23ClN2S. The number of nitrogens with zero attached hydrogens (tertiary/aromatic N) is 1. The Balaban J connectivity index is 1.88. The van der Waals surface area contributed by atoms with E-state index in [1.54, 1.807) is 11.3 Å². The average molecular weight is 287 g/mol. The number of rotatable bonds is 4. The number of nitrogens with one attached hydrogen (secondary N) is 1. The summed E-state index contributed by atoms with van der Waals surface area (Å²) in [6, 6.07) is 4.70. The second kappa shape index (κ2) is 5.91. The molecule has 1 aliphatic heterocycles. The van der Waals surface area contributed by atoms with Crippen LogP contribution in [0.5, 0.6) is 0 Å². The quantitative estimate of drug-likeness (QED) is 0.910. The Morgan fingerprint density at radius 1 is 1.50 bits per heavy atom. The standard InChI is InChI=1S/C14H23ClN2S/c1-14(2)7-4-8-16-12(14)10-17(3)9-11-5-6-13(15)18-11/h5-6,12,16H,4,7-10H2,1-3H3. The molecule has 0 aromatic carbocycles. The average Bonchev–Trinajstić information content (AvgIpc) is 2.67.